The Hall–Kier alpha value is -3.35. The highest BCUT2D eigenvalue weighted by Gasteiger charge is 2.09. The van der Waals surface area contributed by atoms with Gasteiger partial charge in [-0.25, -0.2) is 10.2 Å². The molecule has 0 bridgehead atoms. The second kappa shape index (κ2) is 9.07. The summed E-state index contributed by atoms with van der Waals surface area (Å²) >= 11 is 0. The normalized spacial score (nSPS) is 10.3. The maximum absolute atomic E-state index is 11.8. The predicted octanol–water partition coefficient (Wildman–Crippen LogP) is 2.04. The lowest BCUT2D eigenvalue weighted by Gasteiger charge is -2.06. The average Bonchev–Trinajstić information content (AvgIpc) is 2.66. The zero-order valence-corrected chi connectivity index (χ0v) is 14.0. The summed E-state index contributed by atoms with van der Waals surface area (Å²) in [7, 11) is 2.90. The molecule has 2 rings (SSSR count). The molecule has 0 radical (unpaired) electrons. The van der Waals surface area contributed by atoms with Gasteiger partial charge in [-0.1, -0.05) is 18.2 Å². The van der Waals surface area contributed by atoms with E-state index in [1.807, 2.05) is 12.1 Å². The van der Waals surface area contributed by atoms with Crippen molar-refractivity contribution in [3.63, 3.8) is 0 Å². The fourth-order valence-corrected chi connectivity index (χ4v) is 2.01. The Bertz CT molecular complexity index is 757. The van der Waals surface area contributed by atoms with E-state index >= 15 is 0 Å². The molecule has 2 aromatic carbocycles. The van der Waals surface area contributed by atoms with Crippen LogP contribution in [0.4, 0.5) is 5.69 Å². The van der Waals surface area contributed by atoms with Crippen LogP contribution in [-0.4, -0.2) is 38.9 Å². The second-order valence-corrected chi connectivity index (χ2v) is 4.95. The summed E-state index contributed by atoms with van der Waals surface area (Å²) in [6.07, 6.45) is 1.40. The first-order valence-corrected chi connectivity index (χ1v) is 7.51. The van der Waals surface area contributed by atoms with Crippen molar-refractivity contribution in [3.8, 4) is 5.75 Å². The molecule has 130 valence electrons. The molecular formula is C18H19N3O4. The van der Waals surface area contributed by atoms with Crippen LogP contribution in [0.1, 0.15) is 15.9 Å². The number of hydrogen-bond acceptors (Lipinski definition) is 6. The maximum Gasteiger partial charge on any atom is 0.338 e. The number of carbonyl (C=O) groups excluding carboxylic acids is 2. The summed E-state index contributed by atoms with van der Waals surface area (Å²) in [4.78, 5) is 23.4. The standard InChI is InChI=1S/C18H19N3O4/c1-24-15-9-7-14(8-10-15)19-12-17(22)21-20-11-13-5-3-4-6-16(13)18(23)25-2/h3-11,19H,12H2,1-2H3,(H,21,22)/b20-11-. The lowest BCUT2D eigenvalue weighted by molar-refractivity contribution is -0.119. The third kappa shape index (κ3) is 5.35. The van der Waals surface area contributed by atoms with Crippen LogP contribution in [-0.2, 0) is 9.53 Å². The molecule has 0 heterocycles. The van der Waals surface area contributed by atoms with Crippen LogP contribution in [0.25, 0.3) is 0 Å². The van der Waals surface area contributed by atoms with Crippen LogP contribution >= 0.6 is 0 Å². The second-order valence-electron chi connectivity index (χ2n) is 4.95. The van der Waals surface area contributed by atoms with E-state index < -0.39 is 5.97 Å². The molecule has 0 spiro atoms. The summed E-state index contributed by atoms with van der Waals surface area (Å²) in [6, 6.07) is 14.0. The molecular weight excluding hydrogens is 322 g/mol. The van der Waals surface area contributed by atoms with Crippen molar-refractivity contribution in [1.82, 2.24) is 5.43 Å². The molecule has 2 N–H and O–H groups in total. The van der Waals surface area contributed by atoms with Gasteiger partial charge in [0, 0.05) is 11.3 Å². The Morgan fingerprint density at radius 3 is 2.48 bits per heavy atom. The van der Waals surface area contributed by atoms with Crippen molar-refractivity contribution in [2.45, 2.75) is 0 Å². The molecule has 7 heteroatoms. The third-order valence-electron chi connectivity index (χ3n) is 3.30. The van der Waals surface area contributed by atoms with Gasteiger partial charge in [-0.05, 0) is 30.3 Å². The van der Waals surface area contributed by atoms with Crippen molar-refractivity contribution in [1.29, 1.82) is 0 Å². The molecule has 2 aromatic rings. The van der Waals surface area contributed by atoms with E-state index in [-0.39, 0.29) is 12.5 Å². The number of rotatable bonds is 7. The topological polar surface area (TPSA) is 89.0 Å². The number of nitrogens with zero attached hydrogens (tertiary/aromatic N) is 1. The van der Waals surface area contributed by atoms with Gasteiger partial charge in [0.05, 0.1) is 32.5 Å². The smallest absolute Gasteiger partial charge is 0.338 e. The van der Waals surface area contributed by atoms with Crippen LogP contribution < -0.4 is 15.5 Å². The summed E-state index contributed by atoms with van der Waals surface area (Å²) in [5.74, 6) is -0.0407. The lowest BCUT2D eigenvalue weighted by Crippen LogP contribution is -2.25. The predicted molar refractivity (Wildman–Crippen MR) is 95.0 cm³/mol. The summed E-state index contributed by atoms with van der Waals surface area (Å²) in [5.41, 5.74) is 4.12. The molecule has 0 saturated heterocycles. The fraction of sp³-hybridized carbons (Fsp3) is 0.167. The molecule has 1 amide bonds. The molecule has 0 aliphatic carbocycles. The van der Waals surface area contributed by atoms with E-state index in [2.05, 4.69) is 15.8 Å². The molecule has 0 aliphatic rings. The van der Waals surface area contributed by atoms with E-state index in [1.165, 1.54) is 13.3 Å². The van der Waals surface area contributed by atoms with Crippen LogP contribution in [0, 0.1) is 0 Å². The number of esters is 1. The van der Waals surface area contributed by atoms with Gasteiger partial charge < -0.3 is 14.8 Å². The number of ether oxygens (including phenoxy) is 2. The third-order valence-corrected chi connectivity index (χ3v) is 3.30. The Morgan fingerprint density at radius 1 is 1.08 bits per heavy atom. The van der Waals surface area contributed by atoms with Crippen LogP contribution in [0.3, 0.4) is 0 Å². The molecule has 0 fully saturated rings. The van der Waals surface area contributed by atoms with Gasteiger partial charge >= 0.3 is 5.97 Å². The molecule has 25 heavy (non-hydrogen) atoms. The molecule has 0 aliphatic heterocycles. The number of carbonyl (C=O) groups is 2. The number of methoxy groups -OCH3 is 2. The minimum atomic E-state index is -0.463. The highest BCUT2D eigenvalue weighted by molar-refractivity contribution is 5.99. The molecule has 7 nitrogen and oxygen atoms in total. The summed E-state index contributed by atoms with van der Waals surface area (Å²) in [6.45, 7) is 0.0579. The monoisotopic (exact) mass is 341 g/mol. The van der Waals surface area contributed by atoms with Crippen molar-refractivity contribution in [2.75, 3.05) is 26.1 Å². The number of benzene rings is 2. The van der Waals surface area contributed by atoms with Crippen molar-refractivity contribution < 1.29 is 19.1 Å². The van der Waals surface area contributed by atoms with Gasteiger partial charge in [0.25, 0.3) is 5.91 Å². The Labute approximate surface area is 145 Å². The Kier molecular flexibility index (Phi) is 6.53. The Morgan fingerprint density at radius 2 is 1.80 bits per heavy atom. The average molecular weight is 341 g/mol. The first-order chi connectivity index (χ1) is 12.1. The minimum Gasteiger partial charge on any atom is -0.497 e. The highest BCUT2D eigenvalue weighted by Crippen LogP contribution is 2.14. The largest absolute Gasteiger partial charge is 0.497 e. The van der Waals surface area contributed by atoms with Crippen molar-refractivity contribution in [3.05, 3.63) is 59.7 Å². The summed E-state index contributed by atoms with van der Waals surface area (Å²) in [5, 5.41) is 6.83. The Balaban J connectivity index is 1.87. The fourth-order valence-electron chi connectivity index (χ4n) is 2.01. The number of hydrazone groups is 1. The molecule has 0 saturated carbocycles. The van der Waals surface area contributed by atoms with Gasteiger partial charge in [0.2, 0.25) is 0 Å². The van der Waals surface area contributed by atoms with Gasteiger partial charge in [-0.2, -0.15) is 5.10 Å². The van der Waals surface area contributed by atoms with Gasteiger partial charge in [-0.15, -0.1) is 0 Å². The van der Waals surface area contributed by atoms with E-state index in [9.17, 15) is 9.59 Å². The first-order valence-electron chi connectivity index (χ1n) is 7.51. The zero-order chi connectivity index (χ0) is 18.1. The maximum atomic E-state index is 11.8. The van der Waals surface area contributed by atoms with Gasteiger partial charge in [0.15, 0.2) is 0 Å². The van der Waals surface area contributed by atoms with Crippen molar-refractivity contribution >= 4 is 23.8 Å². The van der Waals surface area contributed by atoms with E-state index in [0.29, 0.717) is 11.1 Å². The quantitative estimate of drug-likeness (QED) is 0.457. The van der Waals surface area contributed by atoms with E-state index in [0.717, 1.165) is 11.4 Å². The summed E-state index contributed by atoms with van der Waals surface area (Å²) < 4.78 is 9.77. The number of amides is 1. The molecule has 0 atom stereocenters. The van der Waals surface area contributed by atoms with E-state index in [4.69, 9.17) is 9.47 Å². The van der Waals surface area contributed by atoms with E-state index in [1.54, 1.807) is 43.5 Å². The van der Waals surface area contributed by atoms with Gasteiger partial charge in [-0.3, -0.25) is 4.79 Å². The first kappa shape index (κ1) is 18.0. The minimum absolute atomic E-state index is 0.0579. The zero-order valence-electron chi connectivity index (χ0n) is 14.0. The molecule has 0 unspecified atom stereocenters. The van der Waals surface area contributed by atoms with Crippen molar-refractivity contribution in [2.24, 2.45) is 5.10 Å². The lowest BCUT2D eigenvalue weighted by atomic mass is 10.1. The van der Waals surface area contributed by atoms with Gasteiger partial charge in [0.1, 0.15) is 5.75 Å². The number of nitrogens with one attached hydrogen (secondary N) is 2. The SMILES string of the molecule is COC(=O)c1ccccc1/C=N\NC(=O)CNc1ccc(OC)cc1. The van der Waals surface area contributed by atoms with Crippen LogP contribution in [0.15, 0.2) is 53.6 Å². The molecule has 0 aromatic heterocycles. The number of anilines is 1. The number of hydrogen-bond donors (Lipinski definition) is 2. The van der Waals surface area contributed by atoms with Crippen LogP contribution in [0.5, 0.6) is 5.75 Å². The van der Waals surface area contributed by atoms with Crippen LogP contribution in [0.2, 0.25) is 0 Å². The highest BCUT2D eigenvalue weighted by atomic mass is 16.5.